The molecule has 29 heavy (non-hydrogen) atoms. The Labute approximate surface area is 168 Å². The van der Waals surface area contributed by atoms with Gasteiger partial charge in [0, 0.05) is 18.5 Å². The van der Waals surface area contributed by atoms with E-state index in [1.165, 1.54) is 4.90 Å². The Morgan fingerprint density at radius 3 is 2.62 bits per heavy atom. The van der Waals surface area contributed by atoms with E-state index >= 15 is 0 Å². The lowest BCUT2D eigenvalue weighted by Gasteiger charge is -2.14. The molecule has 1 fully saturated rings. The van der Waals surface area contributed by atoms with Crippen LogP contribution in [0.5, 0.6) is 0 Å². The Balaban J connectivity index is 1.28. The van der Waals surface area contributed by atoms with E-state index in [2.05, 4.69) is 15.5 Å². The Hall–Kier alpha value is -3.29. The number of nitrogens with zero attached hydrogens (tertiary/aromatic N) is 3. The van der Waals surface area contributed by atoms with Gasteiger partial charge in [-0.05, 0) is 25.8 Å². The van der Waals surface area contributed by atoms with Crippen LogP contribution in [0.25, 0.3) is 11.4 Å². The Morgan fingerprint density at radius 2 is 1.93 bits per heavy atom. The second kappa shape index (κ2) is 7.98. The van der Waals surface area contributed by atoms with Crippen LogP contribution in [0.1, 0.15) is 30.7 Å². The van der Waals surface area contributed by atoms with Gasteiger partial charge in [-0.2, -0.15) is 4.98 Å². The summed E-state index contributed by atoms with van der Waals surface area (Å²) in [7, 11) is 0. The van der Waals surface area contributed by atoms with Crippen molar-refractivity contribution in [3.05, 3.63) is 47.9 Å². The second-order valence-corrected chi connectivity index (χ2v) is 7.39. The van der Waals surface area contributed by atoms with Crippen LogP contribution in [0.15, 0.2) is 40.9 Å². The first-order valence-electron chi connectivity index (χ1n) is 9.69. The third kappa shape index (κ3) is 3.96. The van der Waals surface area contributed by atoms with Crippen molar-refractivity contribution in [2.24, 2.45) is 11.8 Å². The van der Waals surface area contributed by atoms with Crippen LogP contribution in [0.3, 0.4) is 0 Å². The average molecular weight is 394 g/mol. The predicted molar refractivity (Wildman–Crippen MR) is 103 cm³/mol. The zero-order valence-electron chi connectivity index (χ0n) is 16.1. The topological polar surface area (TPSA) is 105 Å². The van der Waals surface area contributed by atoms with Crippen LogP contribution in [-0.2, 0) is 20.9 Å². The Kier molecular flexibility index (Phi) is 5.24. The van der Waals surface area contributed by atoms with Crippen molar-refractivity contribution < 1.29 is 18.9 Å². The first-order valence-corrected chi connectivity index (χ1v) is 9.69. The van der Waals surface area contributed by atoms with Gasteiger partial charge in [-0.25, -0.2) is 0 Å². The fourth-order valence-electron chi connectivity index (χ4n) is 3.79. The minimum absolute atomic E-state index is 0.0449. The standard InChI is InChI=1S/C21H22N4O4/c1-13-5-4-6-14(11-13)19-23-18(29-24-19)12-22-17(26)9-10-25-20(27)15-7-2-3-8-16(15)21(25)28/h2-6,11,15-16H,7-10,12H2,1H3,(H,22,26)/t15-,16+. The fourth-order valence-corrected chi connectivity index (χ4v) is 3.79. The number of carbonyl (C=O) groups excluding carboxylic acids is 3. The summed E-state index contributed by atoms with van der Waals surface area (Å²) in [5.41, 5.74) is 1.93. The fraction of sp³-hybridized carbons (Fsp3) is 0.381. The lowest BCUT2D eigenvalue weighted by molar-refractivity contribution is -0.140. The smallest absolute Gasteiger partial charge is 0.246 e. The molecule has 0 unspecified atom stereocenters. The molecule has 1 aromatic heterocycles. The molecule has 0 radical (unpaired) electrons. The van der Waals surface area contributed by atoms with Gasteiger partial charge in [0.15, 0.2) is 0 Å². The first-order chi connectivity index (χ1) is 14.0. The number of carbonyl (C=O) groups is 3. The summed E-state index contributed by atoms with van der Waals surface area (Å²) < 4.78 is 5.18. The molecule has 0 spiro atoms. The normalized spacial score (nSPS) is 20.8. The van der Waals surface area contributed by atoms with Crippen molar-refractivity contribution in [3.8, 4) is 11.4 Å². The zero-order valence-corrected chi connectivity index (χ0v) is 16.1. The minimum atomic E-state index is -0.283. The highest BCUT2D eigenvalue weighted by atomic mass is 16.5. The number of amides is 3. The van der Waals surface area contributed by atoms with Gasteiger partial charge in [0.05, 0.1) is 18.4 Å². The molecule has 4 rings (SSSR count). The monoisotopic (exact) mass is 394 g/mol. The van der Waals surface area contributed by atoms with E-state index in [1.807, 2.05) is 43.3 Å². The van der Waals surface area contributed by atoms with Gasteiger partial charge in [0.1, 0.15) is 0 Å². The number of allylic oxidation sites excluding steroid dienone is 2. The predicted octanol–water partition coefficient (Wildman–Crippen LogP) is 2.00. The molecule has 2 heterocycles. The highest BCUT2D eigenvalue weighted by Crippen LogP contribution is 2.34. The molecule has 1 saturated heterocycles. The minimum Gasteiger partial charge on any atom is -0.347 e. The molecule has 3 amide bonds. The molecular weight excluding hydrogens is 372 g/mol. The van der Waals surface area contributed by atoms with Gasteiger partial charge in [0.25, 0.3) is 0 Å². The van der Waals surface area contributed by atoms with Crippen LogP contribution < -0.4 is 5.32 Å². The van der Waals surface area contributed by atoms with Gasteiger partial charge in [-0.3, -0.25) is 19.3 Å². The molecular formula is C21H22N4O4. The summed E-state index contributed by atoms with van der Waals surface area (Å²) in [6.45, 7) is 2.16. The molecule has 1 aliphatic carbocycles. The van der Waals surface area contributed by atoms with Gasteiger partial charge in [-0.15, -0.1) is 0 Å². The number of rotatable bonds is 6. The number of likely N-dealkylation sites (tertiary alicyclic amines) is 1. The summed E-state index contributed by atoms with van der Waals surface area (Å²) in [5, 5.41) is 6.63. The molecule has 1 N–H and O–H groups in total. The number of benzene rings is 1. The van der Waals surface area contributed by atoms with Crippen molar-refractivity contribution in [2.45, 2.75) is 32.7 Å². The molecule has 0 bridgehead atoms. The number of nitrogens with one attached hydrogen (secondary N) is 1. The number of hydrogen-bond donors (Lipinski definition) is 1. The van der Waals surface area contributed by atoms with Gasteiger partial charge in [0.2, 0.25) is 29.4 Å². The van der Waals surface area contributed by atoms with E-state index in [0.29, 0.717) is 24.6 Å². The molecule has 1 aromatic carbocycles. The molecule has 150 valence electrons. The van der Waals surface area contributed by atoms with Crippen LogP contribution in [-0.4, -0.2) is 39.3 Å². The molecule has 2 atom stereocenters. The molecule has 2 aromatic rings. The largest absolute Gasteiger partial charge is 0.347 e. The van der Waals surface area contributed by atoms with Crippen molar-refractivity contribution in [1.29, 1.82) is 0 Å². The number of aromatic nitrogens is 2. The van der Waals surface area contributed by atoms with E-state index in [0.717, 1.165) is 11.1 Å². The zero-order chi connectivity index (χ0) is 20.4. The maximum Gasteiger partial charge on any atom is 0.246 e. The van der Waals surface area contributed by atoms with Crippen molar-refractivity contribution in [3.63, 3.8) is 0 Å². The van der Waals surface area contributed by atoms with Gasteiger partial charge < -0.3 is 9.84 Å². The highest BCUT2D eigenvalue weighted by molar-refractivity contribution is 6.05. The third-order valence-corrected chi connectivity index (χ3v) is 5.34. The molecule has 8 nitrogen and oxygen atoms in total. The van der Waals surface area contributed by atoms with Crippen LogP contribution in [0.4, 0.5) is 0 Å². The van der Waals surface area contributed by atoms with E-state index in [1.54, 1.807) is 0 Å². The van der Waals surface area contributed by atoms with Crippen LogP contribution >= 0.6 is 0 Å². The number of imide groups is 1. The number of aryl methyl sites for hydroxylation is 1. The lowest BCUT2D eigenvalue weighted by atomic mass is 9.85. The van der Waals surface area contributed by atoms with Crippen molar-refractivity contribution >= 4 is 17.7 Å². The van der Waals surface area contributed by atoms with E-state index < -0.39 is 0 Å². The van der Waals surface area contributed by atoms with E-state index in [-0.39, 0.29) is 49.1 Å². The molecule has 2 aliphatic rings. The molecule has 1 aliphatic heterocycles. The van der Waals surface area contributed by atoms with Crippen LogP contribution in [0.2, 0.25) is 0 Å². The van der Waals surface area contributed by atoms with Crippen LogP contribution in [0, 0.1) is 18.8 Å². The lowest BCUT2D eigenvalue weighted by Crippen LogP contribution is -2.35. The van der Waals surface area contributed by atoms with Crippen molar-refractivity contribution in [2.75, 3.05) is 6.54 Å². The summed E-state index contributed by atoms with van der Waals surface area (Å²) in [6, 6.07) is 7.73. The van der Waals surface area contributed by atoms with Gasteiger partial charge >= 0.3 is 0 Å². The number of hydrogen-bond acceptors (Lipinski definition) is 6. The maximum absolute atomic E-state index is 12.4. The summed E-state index contributed by atoms with van der Waals surface area (Å²) in [4.78, 5) is 42.5. The quantitative estimate of drug-likeness (QED) is 0.593. The Morgan fingerprint density at radius 1 is 1.21 bits per heavy atom. The van der Waals surface area contributed by atoms with E-state index in [4.69, 9.17) is 4.52 Å². The average Bonchev–Trinajstić information content (AvgIpc) is 3.29. The molecule has 8 heteroatoms. The SMILES string of the molecule is Cc1cccc(-c2noc(CNC(=O)CCN3C(=O)[C@H]4CC=CC[C@H]4C3=O)n2)c1. The summed E-state index contributed by atoms with van der Waals surface area (Å²) >= 11 is 0. The van der Waals surface area contributed by atoms with Crippen molar-refractivity contribution in [1.82, 2.24) is 20.4 Å². The number of fused-ring (bicyclic) bond motifs is 1. The summed E-state index contributed by atoms with van der Waals surface area (Å²) in [5.74, 6) is -0.409. The maximum atomic E-state index is 12.4. The van der Waals surface area contributed by atoms with E-state index in [9.17, 15) is 14.4 Å². The molecule has 0 saturated carbocycles. The Bertz CT molecular complexity index is 955. The third-order valence-electron chi connectivity index (χ3n) is 5.34. The summed E-state index contributed by atoms with van der Waals surface area (Å²) in [6.07, 6.45) is 5.12. The second-order valence-electron chi connectivity index (χ2n) is 7.39. The first kappa shape index (κ1) is 19.0. The highest BCUT2D eigenvalue weighted by Gasteiger charge is 2.46. The van der Waals surface area contributed by atoms with Gasteiger partial charge in [-0.1, -0.05) is 41.1 Å².